The normalized spacial score (nSPS) is 11.8. The summed E-state index contributed by atoms with van der Waals surface area (Å²) < 4.78 is 14.0. The summed E-state index contributed by atoms with van der Waals surface area (Å²) in [7, 11) is 0. The maximum absolute atomic E-state index is 14.0. The molecular formula is C16H17FN4OS. The average molecular weight is 332 g/mol. The fraction of sp³-hybridized carbons (Fsp3) is 0.312. The summed E-state index contributed by atoms with van der Waals surface area (Å²) in [5, 5.41) is 3.63. The number of carbonyl (C=O) groups is 1. The molecule has 3 aromatic rings. The summed E-state index contributed by atoms with van der Waals surface area (Å²) >= 11 is 1.35. The van der Waals surface area contributed by atoms with Gasteiger partial charge in [0.15, 0.2) is 0 Å². The first-order valence-corrected chi connectivity index (χ1v) is 8.03. The van der Waals surface area contributed by atoms with Crippen LogP contribution in [0.15, 0.2) is 24.7 Å². The number of hydrogen-bond donors (Lipinski definition) is 2. The van der Waals surface area contributed by atoms with Crippen LogP contribution in [-0.2, 0) is 12.0 Å². The van der Waals surface area contributed by atoms with Crippen molar-refractivity contribution in [3.05, 3.63) is 45.9 Å². The van der Waals surface area contributed by atoms with Crippen LogP contribution in [0.3, 0.4) is 0 Å². The van der Waals surface area contributed by atoms with Crippen LogP contribution in [0.5, 0.6) is 0 Å². The van der Waals surface area contributed by atoms with Gasteiger partial charge in [-0.25, -0.2) is 14.4 Å². The third-order valence-corrected chi connectivity index (χ3v) is 4.86. The van der Waals surface area contributed by atoms with Gasteiger partial charge in [-0.1, -0.05) is 20.8 Å². The highest BCUT2D eigenvalue weighted by Gasteiger charge is 2.20. The predicted octanol–water partition coefficient (Wildman–Crippen LogP) is 3.39. The minimum atomic E-state index is -0.385. The van der Waals surface area contributed by atoms with E-state index in [1.54, 1.807) is 12.3 Å². The number of thiazole rings is 1. The minimum Gasteiger partial charge on any atom is -0.347 e. The van der Waals surface area contributed by atoms with Crippen molar-refractivity contribution in [3.8, 4) is 0 Å². The fourth-order valence-electron chi connectivity index (χ4n) is 2.19. The lowest BCUT2D eigenvalue weighted by Crippen LogP contribution is -2.22. The summed E-state index contributed by atoms with van der Waals surface area (Å²) in [4.78, 5) is 24.1. The second-order valence-corrected chi connectivity index (χ2v) is 7.32. The van der Waals surface area contributed by atoms with E-state index in [2.05, 4.69) is 20.3 Å². The Morgan fingerprint density at radius 3 is 2.83 bits per heavy atom. The Bertz CT molecular complexity index is 862. The van der Waals surface area contributed by atoms with Gasteiger partial charge in [-0.15, -0.1) is 11.3 Å². The molecule has 3 rings (SSSR count). The first-order valence-electron chi connectivity index (χ1n) is 7.21. The first-order chi connectivity index (χ1) is 10.9. The molecule has 0 aliphatic carbocycles. The summed E-state index contributed by atoms with van der Waals surface area (Å²) in [6, 6.07) is 2.99. The Kier molecular flexibility index (Phi) is 3.89. The number of nitrogens with zero attached hydrogens (tertiary/aromatic N) is 2. The molecule has 0 bridgehead atoms. The molecule has 23 heavy (non-hydrogen) atoms. The van der Waals surface area contributed by atoms with E-state index in [4.69, 9.17) is 0 Å². The zero-order chi connectivity index (χ0) is 16.6. The van der Waals surface area contributed by atoms with Crippen LogP contribution in [0.4, 0.5) is 4.39 Å². The Balaban J connectivity index is 1.77. The number of aromatic amines is 1. The summed E-state index contributed by atoms with van der Waals surface area (Å²) in [5.41, 5.74) is 1.54. The molecule has 0 aliphatic rings. The quantitative estimate of drug-likeness (QED) is 0.772. The Morgan fingerprint density at radius 1 is 1.35 bits per heavy atom. The lowest BCUT2D eigenvalue weighted by Gasteiger charge is -2.13. The van der Waals surface area contributed by atoms with E-state index in [9.17, 15) is 9.18 Å². The van der Waals surface area contributed by atoms with E-state index in [1.807, 2.05) is 20.8 Å². The van der Waals surface area contributed by atoms with Crippen molar-refractivity contribution in [1.29, 1.82) is 0 Å². The van der Waals surface area contributed by atoms with Gasteiger partial charge in [0.1, 0.15) is 10.7 Å². The van der Waals surface area contributed by atoms with Gasteiger partial charge in [-0.3, -0.25) is 4.79 Å². The van der Waals surface area contributed by atoms with Crippen molar-refractivity contribution in [1.82, 2.24) is 20.3 Å². The highest BCUT2D eigenvalue weighted by Crippen LogP contribution is 2.27. The second kappa shape index (κ2) is 5.73. The lowest BCUT2D eigenvalue weighted by atomic mass is 9.98. The number of halogens is 1. The smallest absolute Gasteiger partial charge is 0.263 e. The number of nitrogens with one attached hydrogen (secondary N) is 2. The molecule has 1 aromatic carbocycles. The predicted molar refractivity (Wildman–Crippen MR) is 88.0 cm³/mol. The highest BCUT2D eigenvalue weighted by molar-refractivity contribution is 7.13. The van der Waals surface area contributed by atoms with Crippen LogP contribution in [0.2, 0.25) is 0 Å². The van der Waals surface area contributed by atoms with Crippen molar-refractivity contribution in [3.63, 3.8) is 0 Å². The molecule has 0 fully saturated rings. The van der Waals surface area contributed by atoms with Crippen molar-refractivity contribution in [2.45, 2.75) is 32.7 Å². The van der Waals surface area contributed by atoms with Crippen LogP contribution in [0, 0.1) is 5.82 Å². The third kappa shape index (κ3) is 3.10. The monoisotopic (exact) mass is 332 g/mol. The van der Waals surface area contributed by atoms with E-state index in [-0.39, 0.29) is 23.7 Å². The first kappa shape index (κ1) is 15.6. The molecular weight excluding hydrogens is 315 g/mol. The van der Waals surface area contributed by atoms with Crippen LogP contribution >= 0.6 is 11.3 Å². The molecule has 1 amide bonds. The van der Waals surface area contributed by atoms with Crippen molar-refractivity contribution in [2.75, 3.05) is 0 Å². The Labute approximate surface area is 137 Å². The van der Waals surface area contributed by atoms with Gasteiger partial charge < -0.3 is 10.3 Å². The number of fused-ring (bicyclic) bond motifs is 1. The van der Waals surface area contributed by atoms with Gasteiger partial charge in [-0.05, 0) is 12.1 Å². The van der Waals surface area contributed by atoms with Crippen LogP contribution in [0.1, 0.15) is 41.0 Å². The molecule has 120 valence electrons. The zero-order valence-corrected chi connectivity index (χ0v) is 13.9. The number of hydrogen-bond acceptors (Lipinski definition) is 4. The highest BCUT2D eigenvalue weighted by atomic mass is 32.1. The van der Waals surface area contributed by atoms with E-state index in [1.165, 1.54) is 23.7 Å². The fourth-order valence-corrected chi connectivity index (χ4v) is 3.08. The van der Waals surface area contributed by atoms with Crippen LogP contribution in [-0.4, -0.2) is 20.9 Å². The molecule has 2 aromatic heterocycles. The molecule has 0 unspecified atom stereocenters. The average Bonchev–Trinajstić information content (AvgIpc) is 3.14. The number of imidazole rings is 1. The second-order valence-electron chi connectivity index (χ2n) is 6.29. The van der Waals surface area contributed by atoms with Gasteiger partial charge in [0.25, 0.3) is 5.91 Å². The number of H-pyrrole nitrogens is 1. The maximum atomic E-state index is 14.0. The van der Waals surface area contributed by atoms with Crippen molar-refractivity contribution in [2.24, 2.45) is 0 Å². The molecule has 5 nitrogen and oxygen atoms in total. The Morgan fingerprint density at radius 2 is 2.13 bits per heavy atom. The summed E-state index contributed by atoms with van der Waals surface area (Å²) in [6.07, 6.45) is 3.07. The SMILES string of the molecule is CC(C)(C)c1ncc(C(=O)NCc2c(F)ccc3[nH]cnc23)s1. The molecule has 0 atom stereocenters. The zero-order valence-electron chi connectivity index (χ0n) is 13.1. The van der Waals surface area contributed by atoms with E-state index >= 15 is 0 Å². The van der Waals surface area contributed by atoms with Crippen LogP contribution in [0.25, 0.3) is 11.0 Å². The van der Waals surface area contributed by atoms with Crippen molar-refractivity contribution < 1.29 is 9.18 Å². The minimum absolute atomic E-state index is 0.0790. The van der Waals surface area contributed by atoms with Gasteiger partial charge in [0.2, 0.25) is 0 Å². The number of aromatic nitrogens is 3. The summed E-state index contributed by atoms with van der Waals surface area (Å²) in [5.74, 6) is -0.644. The van der Waals surface area contributed by atoms with Gasteiger partial charge in [0, 0.05) is 17.5 Å². The molecule has 2 heterocycles. The molecule has 2 N–H and O–H groups in total. The maximum Gasteiger partial charge on any atom is 0.263 e. The number of carbonyl (C=O) groups excluding carboxylic acids is 1. The third-order valence-electron chi connectivity index (χ3n) is 3.44. The Hall–Kier alpha value is -2.28. The summed E-state index contributed by atoms with van der Waals surface area (Å²) in [6.45, 7) is 6.21. The van der Waals surface area contributed by atoms with E-state index in [0.717, 1.165) is 10.5 Å². The lowest BCUT2D eigenvalue weighted by molar-refractivity contribution is 0.0954. The molecule has 0 aliphatic heterocycles. The molecule has 7 heteroatoms. The number of amides is 1. The molecule has 0 saturated heterocycles. The topological polar surface area (TPSA) is 70.7 Å². The number of benzene rings is 1. The largest absolute Gasteiger partial charge is 0.347 e. The standard InChI is InChI=1S/C16H17FN4OS/c1-16(2,3)15-19-7-12(23-15)14(22)18-6-9-10(17)4-5-11-13(9)21-8-20-11/h4-5,7-8H,6H2,1-3H3,(H,18,22)(H,20,21). The van der Waals surface area contributed by atoms with Gasteiger partial charge in [0.05, 0.1) is 28.6 Å². The van der Waals surface area contributed by atoms with E-state index in [0.29, 0.717) is 16.0 Å². The van der Waals surface area contributed by atoms with Gasteiger partial charge in [-0.2, -0.15) is 0 Å². The molecule has 0 spiro atoms. The number of rotatable bonds is 3. The van der Waals surface area contributed by atoms with Crippen molar-refractivity contribution >= 4 is 28.3 Å². The molecule has 0 radical (unpaired) electrons. The van der Waals surface area contributed by atoms with Gasteiger partial charge >= 0.3 is 0 Å². The molecule has 0 saturated carbocycles. The van der Waals surface area contributed by atoms with Crippen LogP contribution < -0.4 is 5.32 Å². The van der Waals surface area contributed by atoms with E-state index < -0.39 is 0 Å².